The van der Waals surface area contributed by atoms with Crippen molar-refractivity contribution in [3.63, 3.8) is 0 Å². The van der Waals surface area contributed by atoms with Crippen LogP contribution in [0, 0.1) is 0 Å². The first-order valence-corrected chi connectivity index (χ1v) is 6.23. The monoisotopic (exact) mass is 213 g/mol. The average Bonchev–Trinajstić information content (AvgIpc) is 2.29. The third-order valence-corrected chi connectivity index (χ3v) is 3.06. The molecule has 0 aromatic carbocycles. The second-order valence-electron chi connectivity index (χ2n) is 4.22. The smallest absolute Gasteiger partial charge is 0.410 e. The molecule has 1 rings (SSSR count). The van der Waals surface area contributed by atoms with Gasteiger partial charge in [-0.3, -0.25) is 0 Å². The van der Waals surface area contributed by atoms with Crippen LogP contribution in [-0.2, 0) is 4.74 Å². The molecule has 0 unspecified atom stereocenters. The number of carbonyl (C=O) groups excluding carboxylic acids is 1. The molecular weight excluding hydrogens is 190 g/mol. The van der Waals surface area contributed by atoms with Crippen LogP contribution < -0.4 is 0 Å². The highest BCUT2D eigenvalue weighted by Gasteiger charge is 2.25. The molecule has 3 nitrogen and oxygen atoms in total. The molecule has 0 aromatic rings. The Kier molecular flexibility index (Phi) is 5.51. The van der Waals surface area contributed by atoms with Crippen LogP contribution in [0.2, 0.25) is 0 Å². The van der Waals surface area contributed by atoms with Crippen LogP contribution >= 0.6 is 0 Å². The van der Waals surface area contributed by atoms with Gasteiger partial charge < -0.3 is 9.64 Å². The van der Waals surface area contributed by atoms with E-state index in [4.69, 9.17) is 4.74 Å². The number of hydrogen-bond donors (Lipinski definition) is 0. The van der Waals surface area contributed by atoms with Crippen LogP contribution in [0.15, 0.2) is 0 Å². The normalized spacial score (nSPS) is 21.5. The summed E-state index contributed by atoms with van der Waals surface area (Å²) in [6.07, 6.45) is 6.50. The van der Waals surface area contributed by atoms with Gasteiger partial charge in [0.2, 0.25) is 0 Å². The molecule has 0 saturated carbocycles. The molecule has 1 aliphatic rings. The van der Waals surface area contributed by atoms with E-state index in [9.17, 15) is 4.79 Å². The summed E-state index contributed by atoms with van der Waals surface area (Å²) in [6, 6.07) is 0.410. The average molecular weight is 213 g/mol. The molecule has 1 atom stereocenters. The molecule has 3 heteroatoms. The fraction of sp³-hybridized carbons (Fsp3) is 0.917. The van der Waals surface area contributed by atoms with Crippen molar-refractivity contribution >= 4 is 6.09 Å². The first kappa shape index (κ1) is 12.3. The number of carbonyl (C=O) groups is 1. The number of amides is 1. The summed E-state index contributed by atoms with van der Waals surface area (Å²) < 4.78 is 5.24. The summed E-state index contributed by atoms with van der Waals surface area (Å²) in [4.78, 5) is 13.7. The van der Waals surface area contributed by atoms with Crippen LogP contribution in [0.4, 0.5) is 4.79 Å². The van der Waals surface area contributed by atoms with Gasteiger partial charge in [-0.25, -0.2) is 4.79 Å². The summed E-state index contributed by atoms with van der Waals surface area (Å²) in [5, 5.41) is 0. The van der Waals surface area contributed by atoms with Crippen LogP contribution in [-0.4, -0.2) is 30.2 Å². The van der Waals surface area contributed by atoms with Crippen molar-refractivity contribution in [2.24, 2.45) is 0 Å². The summed E-state index contributed by atoms with van der Waals surface area (Å²) in [7, 11) is 0. The quantitative estimate of drug-likeness (QED) is 0.671. The Balaban J connectivity index is 2.34. The van der Waals surface area contributed by atoms with Crippen molar-refractivity contribution in [2.75, 3.05) is 13.2 Å². The Hall–Kier alpha value is -0.730. The maximum Gasteiger partial charge on any atom is 0.410 e. The van der Waals surface area contributed by atoms with Crippen molar-refractivity contribution in [2.45, 2.75) is 58.4 Å². The zero-order valence-electron chi connectivity index (χ0n) is 10.00. The highest BCUT2D eigenvalue weighted by atomic mass is 16.6. The molecule has 0 bridgehead atoms. The molecular formula is C12H23NO2. The van der Waals surface area contributed by atoms with E-state index in [0.717, 1.165) is 38.6 Å². The molecule has 0 aliphatic carbocycles. The van der Waals surface area contributed by atoms with E-state index >= 15 is 0 Å². The van der Waals surface area contributed by atoms with E-state index in [1.807, 2.05) is 4.90 Å². The van der Waals surface area contributed by atoms with Crippen molar-refractivity contribution < 1.29 is 9.53 Å². The van der Waals surface area contributed by atoms with E-state index in [2.05, 4.69) is 13.8 Å². The number of unbranched alkanes of at least 4 members (excludes halogenated alkanes) is 1. The van der Waals surface area contributed by atoms with Crippen LogP contribution in [0.1, 0.15) is 52.4 Å². The lowest BCUT2D eigenvalue weighted by molar-refractivity contribution is 0.0713. The molecule has 1 fully saturated rings. The number of rotatable bonds is 4. The van der Waals surface area contributed by atoms with Gasteiger partial charge in [-0.15, -0.1) is 0 Å². The second kappa shape index (κ2) is 6.70. The SMILES string of the molecule is CCCCOC(=O)N1CCCC[C@@H]1CC. The second-order valence-corrected chi connectivity index (χ2v) is 4.22. The van der Waals surface area contributed by atoms with E-state index in [1.165, 1.54) is 6.42 Å². The molecule has 88 valence electrons. The Morgan fingerprint density at radius 1 is 1.40 bits per heavy atom. The summed E-state index contributed by atoms with van der Waals surface area (Å²) in [5.41, 5.74) is 0. The fourth-order valence-corrected chi connectivity index (χ4v) is 2.05. The molecule has 1 saturated heterocycles. The van der Waals surface area contributed by atoms with Crippen LogP contribution in [0.5, 0.6) is 0 Å². The number of ether oxygens (including phenoxy) is 1. The minimum Gasteiger partial charge on any atom is -0.449 e. The summed E-state index contributed by atoms with van der Waals surface area (Å²) >= 11 is 0. The molecule has 0 radical (unpaired) electrons. The molecule has 1 heterocycles. The van der Waals surface area contributed by atoms with Crippen LogP contribution in [0.25, 0.3) is 0 Å². The molecule has 0 N–H and O–H groups in total. The highest BCUT2D eigenvalue weighted by Crippen LogP contribution is 2.20. The van der Waals surface area contributed by atoms with Gasteiger partial charge in [0.05, 0.1) is 6.61 Å². The van der Waals surface area contributed by atoms with Gasteiger partial charge in [0.25, 0.3) is 0 Å². The van der Waals surface area contributed by atoms with Gasteiger partial charge in [-0.05, 0) is 32.1 Å². The highest BCUT2D eigenvalue weighted by molar-refractivity contribution is 5.68. The predicted octanol–water partition coefficient (Wildman–Crippen LogP) is 3.19. The zero-order valence-corrected chi connectivity index (χ0v) is 10.00. The molecule has 15 heavy (non-hydrogen) atoms. The number of piperidine rings is 1. The van der Waals surface area contributed by atoms with Gasteiger partial charge in [0.1, 0.15) is 0 Å². The lowest BCUT2D eigenvalue weighted by Crippen LogP contribution is -2.43. The maximum atomic E-state index is 11.7. The van der Waals surface area contributed by atoms with Crippen molar-refractivity contribution in [1.82, 2.24) is 4.90 Å². The van der Waals surface area contributed by atoms with Gasteiger partial charge >= 0.3 is 6.09 Å². The maximum absolute atomic E-state index is 11.7. The largest absolute Gasteiger partial charge is 0.449 e. The van der Waals surface area contributed by atoms with E-state index < -0.39 is 0 Å². The first-order chi connectivity index (χ1) is 7.29. The van der Waals surface area contributed by atoms with Gasteiger partial charge in [0.15, 0.2) is 0 Å². The Bertz CT molecular complexity index is 194. The molecule has 1 aliphatic heterocycles. The third kappa shape index (κ3) is 3.73. The van der Waals surface area contributed by atoms with Crippen LogP contribution in [0.3, 0.4) is 0 Å². The molecule has 0 aromatic heterocycles. The topological polar surface area (TPSA) is 29.5 Å². The van der Waals surface area contributed by atoms with Gasteiger partial charge in [0, 0.05) is 12.6 Å². The lowest BCUT2D eigenvalue weighted by atomic mass is 10.0. The standard InChI is InChI=1S/C12H23NO2/c1-3-5-10-15-12(14)13-9-7-6-8-11(13)4-2/h11H,3-10H2,1-2H3/t11-/m0/s1. The van der Waals surface area contributed by atoms with Gasteiger partial charge in [-0.2, -0.15) is 0 Å². The Labute approximate surface area is 92.8 Å². The minimum absolute atomic E-state index is 0.102. The third-order valence-electron chi connectivity index (χ3n) is 3.06. The van der Waals surface area contributed by atoms with Crippen molar-refractivity contribution in [3.05, 3.63) is 0 Å². The fourth-order valence-electron chi connectivity index (χ4n) is 2.05. The molecule has 0 spiro atoms. The number of likely N-dealkylation sites (tertiary alicyclic amines) is 1. The number of hydrogen-bond acceptors (Lipinski definition) is 2. The van der Waals surface area contributed by atoms with Crippen molar-refractivity contribution in [3.8, 4) is 0 Å². The van der Waals surface area contributed by atoms with Crippen molar-refractivity contribution in [1.29, 1.82) is 0 Å². The first-order valence-electron chi connectivity index (χ1n) is 6.23. The van der Waals surface area contributed by atoms with E-state index in [-0.39, 0.29) is 6.09 Å². The lowest BCUT2D eigenvalue weighted by Gasteiger charge is -2.34. The summed E-state index contributed by atoms with van der Waals surface area (Å²) in [5.74, 6) is 0. The van der Waals surface area contributed by atoms with Gasteiger partial charge in [-0.1, -0.05) is 20.3 Å². The molecule has 1 amide bonds. The van der Waals surface area contributed by atoms with E-state index in [1.54, 1.807) is 0 Å². The minimum atomic E-state index is -0.102. The number of nitrogens with zero attached hydrogens (tertiary/aromatic N) is 1. The Morgan fingerprint density at radius 2 is 2.20 bits per heavy atom. The predicted molar refractivity (Wildman–Crippen MR) is 60.9 cm³/mol. The summed E-state index contributed by atoms with van der Waals surface area (Å²) in [6.45, 7) is 5.69. The Morgan fingerprint density at radius 3 is 2.87 bits per heavy atom. The van der Waals surface area contributed by atoms with E-state index in [0.29, 0.717) is 12.6 Å². The zero-order chi connectivity index (χ0) is 11.1.